The molecule has 11 nitrogen and oxygen atoms in total. The number of rotatable bonds is 7. The molecule has 0 aliphatic rings. The molecule has 4 heterocycles. The van der Waals surface area contributed by atoms with Gasteiger partial charge in [-0.05, 0) is 18.2 Å². The highest BCUT2D eigenvalue weighted by Crippen LogP contribution is 2.35. The Kier molecular flexibility index (Phi) is 4.70. The van der Waals surface area contributed by atoms with E-state index in [-0.39, 0.29) is 22.3 Å². The first-order valence-corrected chi connectivity index (χ1v) is 10.9. The lowest BCUT2D eigenvalue weighted by Gasteiger charge is -2.11. The summed E-state index contributed by atoms with van der Waals surface area (Å²) in [6, 6.07) is 8.13. The molecule has 0 saturated heterocycles. The van der Waals surface area contributed by atoms with Crippen LogP contribution in [-0.4, -0.2) is 42.6 Å². The van der Waals surface area contributed by atoms with Gasteiger partial charge in [-0.15, -0.1) is 0 Å². The van der Waals surface area contributed by atoms with Gasteiger partial charge in [-0.3, -0.25) is 9.40 Å². The van der Waals surface area contributed by atoms with Crippen molar-refractivity contribution in [3.63, 3.8) is 0 Å². The standard InChI is InChI=1S/C20H17N5O6S/c1-28-15-8-12-4-7-30-14(12)10-17(15)32(26,27)24-19-18-16(31-23-19)9-13(22-20(18)29-2)11-25-6-3-5-21-25/h3-10H,11H2,1-2H3,(H,23,24). The molecule has 0 radical (unpaired) electrons. The molecule has 0 bridgehead atoms. The normalized spacial score (nSPS) is 11.8. The van der Waals surface area contributed by atoms with E-state index in [1.54, 1.807) is 41.3 Å². The van der Waals surface area contributed by atoms with E-state index < -0.39 is 10.0 Å². The monoisotopic (exact) mass is 455 g/mol. The lowest BCUT2D eigenvalue weighted by Crippen LogP contribution is -2.14. The van der Waals surface area contributed by atoms with Crippen LogP contribution in [0.5, 0.6) is 11.6 Å². The first-order chi connectivity index (χ1) is 15.5. The Morgan fingerprint density at radius 2 is 2.03 bits per heavy atom. The number of sulfonamides is 1. The van der Waals surface area contributed by atoms with Crippen LogP contribution >= 0.6 is 0 Å². The molecular formula is C20H17N5O6S. The van der Waals surface area contributed by atoms with E-state index in [1.807, 2.05) is 0 Å². The third-order valence-electron chi connectivity index (χ3n) is 4.81. The Labute approximate surface area is 181 Å². The van der Waals surface area contributed by atoms with Crippen molar-refractivity contribution in [1.29, 1.82) is 0 Å². The summed E-state index contributed by atoms with van der Waals surface area (Å²) in [7, 11) is -1.30. The number of anilines is 1. The lowest BCUT2D eigenvalue weighted by atomic mass is 10.2. The summed E-state index contributed by atoms with van der Waals surface area (Å²) in [6.45, 7) is 0.376. The third kappa shape index (κ3) is 3.39. The quantitative estimate of drug-likeness (QED) is 0.393. The summed E-state index contributed by atoms with van der Waals surface area (Å²) in [5.41, 5.74) is 1.32. The second-order valence-electron chi connectivity index (χ2n) is 6.80. The number of aromatic nitrogens is 4. The highest BCUT2D eigenvalue weighted by atomic mass is 32.2. The molecule has 0 saturated carbocycles. The zero-order valence-corrected chi connectivity index (χ0v) is 17.8. The third-order valence-corrected chi connectivity index (χ3v) is 6.17. The number of fused-ring (bicyclic) bond motifs is 2. The molecule has 32 heavy (non-hydrogen) atoms. The summed E-state index contributed by atoms with van der Waals surface area (Å²) in [5, 5.41) is 9.04. The molecular weight excluding hydrogens is 438 g/mol. The molecule has 5 aromatic rings. The summed E-state index contributed by atoms with van der Waals surface area (Å²) in [6.07, 6.45) is 4.92. The summed E-state index contributed by atoms with van der Waals surface area (Å²) >= 11 is 0. The van der Waals surface area contributed by atoms with Gasteiger partial charge in [0.2, 0.25) is 5.88 Å². The van der Waals surface area contributed by atoms with Gasteiger partial charge in [0, 0.05) is 29.9 Å². The molecule has 0 aliphatic carbocycles. The highest BCUT2D eigenvalue weighted by Gasteiger charge is 2.26. The van der Waals surface area contributed by atoms with Gasteiger partial charge >= 0.3 is 0 Å². The molecule has 164 valence electrons. The predicted octanol–water partition coefficient (Wildman–Crippen LogP) is 3.03. The molecule has 0 atom stereocenters. The minimum absolute atomic E-state index is 0.0587. The number of methoxy groups -OCH3 is 2. The van der Waals surface area contributed by atoms with Crippen LogP contribution in [0.25, 0.3) is 21.9 Å². The fourth-order valence-corrected chi connectivity index (χ4v) is 4.53. The smallest absolute Gasteiger partial charge is 0.266 e. The van der Waals surface area contributed by atoms with Gasteiger partial charge in [0.1, 0.15) is 21.6 Å². The SMILES string of the molecule is COc1cc2ccoc2cc1S(=O)(=O)Nc1noc2cc(Cn3cccn3)nc(OC)c12. The van der Waals surface area contributed by atoms with Gasteiger partial charge in [-0.2, -0.15) is 5.10 Å². The van der Waals surface area contributed by atoms with Crippen molar-refractivity contribution in [1.82, 2.24) is 19.9 Å². The Morgan fingerprint density at radius 1 is 1.16 bits per heavy atom. The average Bonchev–Trinajstić information content (AvgIpc) is 3.53. The highest BCUT2D eigenvalue weighted by molar-refractivity contribution is 7.92. The van der Waals surface area contributed by atoms with Gasteiger partial charge in [0.05, 0.1) is 32.7 Å². The Morgan fingerprint density at radius 3 is 2.78 bits per heavy atom. The maximum Gasteiger partial charge on any atom is 0.266 e. The lowest BCUT2D eigenvalue weighted by molar-refractivity contribution is 0.400. The van der Waals surface area contributed by atoms with Gasteiger partial charge < -0.3 is 18.4 Å². The molecule has 5 rings (SSSR count). The number of nitrogens with one attached hydrogen (secondary N) is 1. The number of hydrogen-bond donors (Lipinski definition) is 1. The summed E-state index contributed by atoms with van der Waals surface area (Å²) in [4.78, 5) is 4.33. The van der Waals surface area contributed by atoms with E-state index in [0.29, 0.717) is 34.2 Å². The maximum absolute atomic E-state index is 13.2. The number of hydrogen-bond acceptors (Lipinski definition) is 9. The van der Waals surface area contributed by atoms with E-state index in [2.05, 4.69) is 20.0 Å². The fourth-order valence-electron chi connectivity index (χ4n) is 3.36. The molecule has 0 aliphatic heterocycles. The van der Waals surface area contributed by atoms with E-state index in [0.717, 1.165) is 0 Å². The van der Waals surface area contributed by atoms with Crippen molar-refractivity contribution in [3.8, 4) is 11.6 Å². The molecule has 0 amide bonds. The topological polar surface area (TPSA) is 135 Å². The van der Waals surface area contributed by atoms with Crippen LogP contribution in [0.4, 0.5) is 5.82 Å². The van der Waals surface area contributed by atoms with Gasteiger partial charge in [0.15, 0.2) is 11.4 Å². The average molecular weight is 455 g/mol. The van der Waals surface area contributed by atoms with Gasteiger partial charge in [0.25, 0.3) is 10.0 Å². The zero-order valence-electron chi connectivity index (χ0n) is 17.0. The number of pyridine rings is 1. The molecule has 1 N–H and O–H groups in total. The minimum atomic E-state index is -4.12. The van der Waals surface area contributed by atoms with Crippen molar-refractivity contribution in [2.24, 2.45) is 0 Å². The second-order valence-corrected chi connectivity index (χ2v) is 8.45. The van der Waals surface area contributed by atoms with Crippen LogP contribution in [0, 0.1) is 0 Å². The molecule has 0 fully saturated rings. The van der Waals surface area contributed by atoms with Crippen LogP contribution in [-0.2, 0) is 16.6 Å². The van der Waals surface area contributed by atoms with E-state index in [9.17, 15) is 8.42 Å². The molecule has 12 heteroatoms. The number of ether oxygens (including phenoxy) is 2. The summed E-state index contributed by atoms with van der Waals surface area (Å²) in [5.74, 6) is 0.263. The molecule has 1 aromatic carbocycles. The van der Waals surface area contributed by atoms with Crippen LogP contribution in [0.2, 0.25) is 0 Å². The predicted molar refractivity (Wildman–Crippen MR) is 113 cm³/mol. The van der Waals surface area contributed by atoms with Crippen LogP contribution < -0.4 is 14.2 Å². The Hall–Kier alpha value is -4.06. The zero-order chi connectivity index (χ0) is 22.3. The Bertz CT molecular complexity index is 1520. The van der Waals surface area contributed by atoms with Crippen LogP contribution in [0.15, 0.2) is 62.8 Å². The van der Waals surface area contributed by atoms with Crippen molar-refractivity contribution < 1.29 is 26.8 Å². The van der Waals surface area contributed by atoms with Crippen molar-refractivity contribution in [2.45, 2.75) is 11.4 Å². The van der Waals surface area contributed by atoms with Crippen molar-refractivity contribution in [3.05, 3.63) is 54.7 Å². The number of furan rings is 1. The van der Waals surface area contributed by atoms with E-state index >= 15 is 0 Å². The van der Waals surface area contributed by atoms with Crippen LogP contribution in [0.3, 0.4) is 0 Å². The maximum atomic E-state index is 13.2. The summed E-state index contributed by atoms with van der Waals surface area (Å²) < 4.78 is 51.8. The minimum Gasteiger partial charge on any atom is -0.495 e. The van der Waals surface area contributed by atoms with Gasteiger partial charge in [-0.25, -0.2) is 13.4 Å². The largest absolute Gasteiger partial charge is 0.495 e. The van der Waals surface area contributed by atoms with E-state index in [1.165, 1.54) is 26.5 Å². The first kappa shape index (κ1) is 19.9. The second kappa shape index (κ2) is 7.57. The molecule has 0 unspecified atom stereocenters. The van der Waals surface area contributed by atoms with Crippen LogP contribution in [0.1, 0.15) is 5.69 Å². The van der Waals surface area contributed by atoms with E-state index in [4.69, 9.17) is 18.4 Å². The molecule has 4 aromatic heterocycles. The Balaban J connectivity index is 1.55. The molecule has 0 spiro atoms. The first-order valence-electron chi connectivity index (χ1n) is 9.37. The number of benzene rings is 1. The van der Waals surface area contributed by atoms with Gasteiger partial charge in [-0.1, -0.05) is 5.16 Å². The van der Waals surface area contributed by atoms with Crippen molar-refractivity contribution >= 4 is 37.8 Å². The fraction of sp³-hybridized carbons (Fsp3) is 0.150. The van der Waals surface area contributed by atoms with Crippen molar-refractivity contribution in [2.75, 3.05) is 18.9 Å². The number of nitrogens with zero attached hydrogens (tertiary/aromatic N) is 4.